The number of hydrogen-bond acceptors (Lipinski definition) is 6. The Kier molecular flexibility index (Phi) is 9.03. The van der Waals surface area contributed by atoms with Gasteiger partial charge in [0.25, 0.3) is 0 Å². The van der Waals surface area contributed by atoms with Gasteiger partial charge in [-0.15, -0.1) is 0 Å². The number of hydroxylamine groups is 2. The zero-order valence-corrected chi connectivity index (χ0v) is 24.3. The summed E-state index contributed by atoms with van der Waals surface area (Å²) in [6, 6.07) is 40.9. The number of aromatic hydroxyl groups is 1. The number of phenolic OH excluding ortho intramolecular Hbond substituents is 1. The van der Waals surface area contributed by atoms with Crippen molar-refractivity contribution in [1.82, 2.24) is 5.06 Å². The molecule has 1 N–H and O–H groups in total. The first kappa shape index (κ1) is 28.8. The molecule has 1 aliphatic rings. The van der Waals surface area contributed by atoms with E-state index in [1.807, 2.05) is 121 Å². The molecule has 5 aromatic carbocycles. The van der Waals surface area contributed by atoms with E-state index in [9.17, 15) is 9.90 Å². The Balaban J connectivity index is 1.31. The van der Waals surface area contributed by atoms with Crippen molar-refractivity contribution in [1.29, 1.82) is 0 Å². The normalized spacial score (nSPS) is 14.3. The molecule has 1 unspecified atom stereocenters. The summed E-state index contributed by atoms with van der Waals surface area (Å²) in [5, 5.41) is 12.7. The summed E-state index contributed by atoms with van der Waals surface area (Å²) >= 11 is 0. The van der Waals surface area contributed by atoms with Crippen LogP contribution in [0.5, 0.6) is 17.2 Å². The second-order valence-corrected chi connectivity index (χ2v) is 10.7. The van der Waals surface area contributed by atoms with Crippen LogP contribution >= 0.6 is 0 Å². The van der Waals surface area contributed by atoms with E-state index in [1.54, 1.807) is 11.1 Å². The van der Waals surface area contributed by atoms with Gasteiger partial charge in [-0.05, 0) is 64.1 Å². The fourth-order valence-electron chi connectivity index (χ4n) is 5.40. The third-order valence-electron chi connectivity index (χ3n) is 7.69. The summed E-state index contributed by atoms with van der Waals surface area (Å²) in [6.45, 7) is 1.51. The molecule has 1 atom stereocenters. The fourth-order valence-corrected chi connectivity index (χ4v) is 5.40. The number of phenols is 1. The molecule has 44 heavy (non-hydrogen) atoms. The lowest BCUT2D eigenvalue weighted by molar-refractivity contribution is -0.142. The molecule has 0 saturated heterocycles. The van der Waals surface area contributed by atoms with E-state index in [-0.39, 0.29) is 5.75 Å². The maximum absolute atomic E-state index is 12.7. The molecule has 5 aromatic rings. The standard InChI is InChI=1S/C38H33NO5/c40-24-35-38(31-16-18-33(19-17-31)42-25-28-10-4-1-5-11-28)34-23-36(41)37(43-26-29-12-6-2-7-13-29)22-32(34)20-21-39(35)44-27-30-14-8-3-9-15-30/h1-19,22-23,38,41H,20-21,25-27H2. The summed E-state index contributed by atoms with van der Waals surface area (Å²) in [5.41, 5.74) is 6.02. The number of fused-ring (bicyclic) bond motifs is 1. The highest BCUT2D eigenvalue weighted by atomic mass is 16.7. The molecule has 6 nitrogen and oxygen atoms in total. The number of hydrogen-bond donors (Lipinski definition) is 1. The lowest BCUT2D eigenvalue weighted by Crippen LogP contribution is -2.27. The van der Waals surface area contributed by atoms with E-state index in [2.05, 4.69) is 5.94 Å². The minimum atomic E-state index is -0.530. The minimum absolute atomic E-state index is 0.0106. The van der Waals surface area contributed by atoms with Gasteiger partial charge in [-0.1, -0.05) is 103 Å². The van der Waals surface area contributed by atoms with Crippen LogP contribution in [0.3, 0.4) is 0 Å². The van der Waals surface area contributed by atoms with E-state index < -0.39 is 5.92 Å². The van der Waals surface area contributed by atoms with Crippen LogP contribution in [0.4, 0.5) is 0 Å². The molecule has 0 aromatic heterocycles. The molecule has 0 spiro atoms. The van der Waals surface area contributed by atoms with Gasteiger partial charge in [0.05, 0.1) is 19.1 Å². The first-order valence-electron chi connectivity index (χ1n) is 14.7. The van der Waals surface area contributed by atoms with Crippen LogP contribution < -0.4 is 9.47 Å². The van der Waals surface area contributed by atoms with E-state index >= 15 is 0 Å². The first-order chi connectivity index (χ1) is 21.7. The fraction of sp³-hybridized carbons (Fsp3) is 0.158. The third-order valence-corrected chi connectivity index (χ3v) is 7.69. The van der Waals surface area contributed by atoms with Crippen molar-refractivity contribution in [3.63, 3.8) is 0 Å². The molecule has 1 aliphatic heterocycles. The summed E-state index contributed by atoms with van der Waals surface area (Å²) in [6.07, 6.45) is 0.575. The smallest absolute Gasteiger partial charge is 0.161 e. The SMILES string of the molecule is O=C=C1C(c2ccc(OCc3ccccc3)cc2)c2cc(O)c(OCc3ccccc3)cc2CCN1OCc1ccccc1. The van der Waals surface area contributed by atoms with Crippen LogP contribution in [-0.2, 0) is 35.9 Å². The molecule has 0 saturated carbocycles. The van der Waals surface area contributed by atoms with Crippen LogP contribution in [0, 0.1) is 0 Å². The predicted molar refractivity (Wildman–Crippen MR) is 169 cm³/mol. The number of carbonyl (C=O) groups excluding carboxylic acids is 1. The Morgan fingerprint density at radius 1 is 0.705 bits per heavy atom. The van der Waals surface area contributed by atoms with Crippen LogP contribution in [0.1, 0.15) is 39.3 Å². The van der Waals surface area contributed by atoms with Crippen molar-refractivity contribution < 1.29 is 24.2 Å². The average molecular weight is 584 g/mol. The number of rotatable bonds is 10. The van der Waals surface area contributed by atoms with Crippen LogP contribution in [0.25, 0.3) is 0 Å². The van der Waals surface area contributed by atoms with Gasteiger partial charge in [0.1, 0.15) is 30.6 Å². The highest BCUT2D eigenvalue weighted by molar-refractivity contribution is 5.62. The predicted octanol–water partition coefficient (Wildman–Crippen LogP) is 7.39. The molecule has 220 valence electrons. The van der Waals surface area contributed by atoms with Crippen molar-refractivity contribution in [2.45, 2.75) is 32.2 Å². The Hall–Kier alpha value is -5.29. The highest BCUT2D eigenvalue weighted by Gasteiger charge is 2.32. The second-order valence-electron chi connectivity index (χ2n) is 10.7. The minimum Gasteiger partial charge on any atom is -0.504 e. The first-order valence-corrected chi connectivity index (χ1v) is 14.7. The van der Waals surface area contributed by atoms with Crippen LogP contribution in [0.15, 0.2) is 133 Å². The lowest BCUT2D eigenvalue weighted by atomic mass is 9.86. The van der Waals surface area contributed by atoms with Gasteiger partial charge in [-0.3, -0.25) is 4.84 Å². The molecule has 0 bridgehead atoms. The molecule has 0 amide bonds. The van der Waals surface area contributed by atoms with Gasteiger partial charge in [0.15, 0.2) is 11.5 Å². The van der Waals surface area contributed by atoms with Gasteiger partial charge in [-0.25, -0.2) is 9.86 Å². The molecule has 0 fully saturated rings. The molecule has 6 rings (SSSR count). The number of benzene rings is 5. The Morgan fingerprint density at radius 2 is 1.27 bits per heavy atom. The van der Waals surface area contributed by atoms with E-state index in [1.165, 1.54) is 0 Å². The zero-order valence-electron chi connectivity index (χ0n) is 24.3. The molecular formula is C38H33NO5. The van der Waals surface area contributed by atoms with Crippen LogP contribution in [0.2, 0.25) is 0 Å². The summed E-state index contributed by atoms with van der Waals surface area (Å²) in [5.74, 6) is 2.78. The van der Waals surface area contributed by atoms with Crippen molar-refractivity contribution in [3.05, 3.63) is 166 Å². The number of ether oxygens (including phenoxy) is 2. The summed E-state index contributed by atoms with van der Waals surface area (Å²) in [4.78, 5) is 18.9. The largest absolute Gasteiger partial charge is 0.504 e. The molecular weight excluding hydrogens is 550 g/mol. The van der Waals surface area contributed by atoms with Crippen molar-refractivity contribution >= 4 is 5.94 Å². The van der Waals surface area contributed by atoms with Gasteiger partial charge in [-0.2, -0.15) is 0 Å². The van der Waals surface area contributed by atoms with Crippen LogP contribution in [-0.4, -0.2) is 22.7 Å². The maximum Gasteiger partial charge on any atom is 0.161 e. The van der Waals surface area contributed by atoms with Crippen molar-refractivity contribution in [3.8, 4) is 17.2 Å². The van der Waals surface area contributed by atoms with Crippen molar-refractivity contribution in [2.24, 2.45) is 0 Å². The monoisotopic (exact) mass is 583 g/mol. The average Bonchev–Trinajstić information content (AvgIpc) is 3.23. The number of nitrogens with zero attached hydrogens (tertiary/aromatic N) is 1. The third kappa shape index (κ3) is 6.84. The highest BCUT2D eigenvalue weighted by Crippen LogP contribution is 2.42. The Labute approximate surface area is 257 Å². The van der Waals surface area contributed by atoms with Gasteiger partial charge in [0.2, 0.25) is 0 Å². The molecule has 0 radical (unpaired) electrons. The lowest BCUT2D eigenvalue weighted by Gasteiger charge is -2.27. The summed E-state index contributed by atoms with van der Waals surface area (Å²) < 4.78 is 12.1. The van der Waals surface area contributed by atoms with Gasteiger partial charge < -0.3 is 14.6 Å². The maximum atomic E-state index is 12.7. The molecule has 6 heteroatoms. The van der Waals surface area contributed by atoms with Gasteiger partial charge in [0, 0.05) is 0 Å². The topological polar surface area (TPSA) is 68.2 Å². The molecule has 1 heterocycles. The van der Waals surface area contributed by atoms with Crippen molar-refractivity contribution in [2.75, 3.05) is 6.54 Å². The second kappa shape index (κ2) is 13.8. The zero-order chi connectivity index (χ0) is 30.1. The molecule has 0 aliphatic carbocycles. The van der Waals surface area contributed by atoms with E-state index in [0.717, 1.165) is 33.4 Å². The Morgan fingerprint density at radius 3 is 1.86 bits per heavy atom. The Bertz CT molecular complexity index is 1720. The summed E-state index contributed by atoms with van der Waals surface area (Å²) in [7, 11) is 0. The van der Waals surface area contributed by atoms with Gasteiger partial charge >= 0.3 is 0 Å². The van der Waals surface area contributed by atoms with E-state index in [4.69, 9.17) is 14.3 Å². The quantitative estimate of drug-likeness (QED) is 0.173. The van der Waals surface area contributed by atoms with E-state index in [0.29, 0.717) is 50.0 Å². The number of allylic oxidation sites excluding steroid dienone is 1.